The first-order valence-electron chi connectivity index (χ1n) is 4.80. The van der Waals surface area contributed by atoms with Crippen LogP contribution in [0.4, 0.5) is 0 Å². The number of benzene rings is 1. The highest BCUT2D eigenvalue weighted by Crippen LogP contribution is 2.34. The van der Waals surface area contributed by atoms with Crippen LogP contribution in [0.1, 0.15) is 10.4 Å². The molecule has 2 aromatic rings. The number of thiazole rings is 1. The van der Waals surface area contributed by atoms with Crippen LogP contribution in [0.25, 0.3) is 0 Å². The Hall–Kier alpha value is -0.810. The molecule has 2 rings (SSSR count). The molecule has 0 amide bonds. The van der Waals surface area contributed by atoms with Crippen LogP contribution >= 0.6 is 34.5 Å². The zero-order valence-electron chi connectivity index (χ0n) is 8.91. The first-order chi connectivity index (χ1) is 8.10. The molecule has 90 valence electrons. The first-order valence-corrected chi connectivity index (χ1v) is 6.37. The van der Waals surface area contributed by atoms with Gasteiger partial charge < -0.3 is 9.84 Å². The van der Waals surface area contributed by atoms with Gasteiger partial charge in [0.1, 0.15) is 10.9 Å². The van der Waals surface area contributed by atoms with E-state index in [4.69, 9.17) is 33.0 Å². The quantitative estimate of drug-likeness (QED) is 0.927. The summed E-state index contributed by atoms with van der Waals surface area (Å²) in [5.41, 5.74) is 0.950. The largest absolute Gasteiger partial charge is 0.431 e. The minimum absolute atomic E-state index is 0.144. The van der Waals surface area contributed by atoms with Gasteiger partial charge in [0.15, 0.2) is 0 Å². The van der Waals surface area contributed by atoms with Crippen LogP contribution in [0.3, 0.4) is 0 Å². The summed E-state index contributed by atoms with van der Waals surface area (Å²) in [7, 11) is 0. The predicted molar refractivity (Wildman–Crippen MR) is 69.3 cm³/mol. The van der Waals surface area contributed by atoms with Gasteiger partial charge >= 0.3 is 0 Å². The molecule has 0 saturated carbocycles. The van der Waals surface area contributed by atoms with E-state index in [0.717, 1.165) is 5.56 Å². The zero-order chi connectivity index (χ0) is 12.4. The van der Waals surface area contributed by atoms with Crippen LogP contribution in [-0.4, -0.2) is 10.1 Å². The predicted octanol–water partition coefficient (Wildman–Crippen LogP) is 4.04. The van der Waals surface area contributed by atoms with Crippen LogP contribution in [0.2, 0.25) is 10.2 Å². The number of aromatic nitrogens is 1. The number of hydrogen-bond donors (Lipinski definition) is 1. The van der Waals surface area contributed by atoms with Gasteiger partial charge in [0.25, 0.3) is 5.19 Å². The van der Waals surface area contributed by atoms with Gasteiger partial charge in [0.2, 0.25) is 0 Å². The molecule has 1 aromatic heterocycles. The molecule has 0 aliphatic carbocycles. The smallest absolute Gasteiger partial charge is 0.280 e. The number of rotatable bonds is 3. The Labute approximate surface area is 113 Å². The van der Waals surface area contributed by atoms with E-state index in [1.54, 1.807) is 12.1 Å². The van der Waals surface area contributed by atoms with E-state index in [-0.39, 0.29) is 11.8 Å². The molecule has 0 radical (unpaired) electrons. The van der Waals surface area contributed by atoms with E-state index in [0.29, 0.717) is 20.8 Å². The topological polar surface area (TPSA) is 42.4 Å². The average molecular weight is 290 g/mol. The molecule has 0 unspecified atom stereocenters. The monoisotopic (exact) mass is 289 g/mol. The summed E-state index contributed by atoms with van der Waals surface area (Å²) in [6.07, 6.45) is 0. The molecule has 0 aliphatic heterocycles. The lowest BCUT2D eigenvalue weighted by Gasteiger charge is -2.05. The van der Waals surface area contributed by atoms with Crippen molar-refractivity contribution in [3.8, 4) is 10.9 Å². The highest BCUT2D eigenvalue weighted by atomic mass is 35.5. The third-order valence-electron chi connectivity index (χ3n) is 2.12. The molecule has 1 heterocycles. The number of aliphatic hydroxyl groups is 1. The van der Waals surface area contributed by atoms with Crippen LogP contribution < -0.4 is 4.74 Å². The second-order valence-corrected chi connectivity index (χ2v) is 5.20. The molecule has 0 atom stereocenters. The summed E-state index contributed by atoms with van der Waals surface area (Å²) in [5, 5.41) is 10.3. The van der Waals surface area contributed by atoms with Gasteiger partial charge in [-0.2, -0.15) is 4.98 Å². The Morgan fingerprint density at radius 1 is 1.41 bits per heavy atom. The number of hydrogen-bond acceptors (Lipinski definition) is 4. The fraction of sp³-hybridized carbons (Fsp3) is 0.182. The van der Waals surface area contributed by atoms with Gasteiger partial charge in [-0.1, -0.05) is 40.6 Å². The van der Waals surface area contributed by atoms with Crippen LogP contribution in [-0.2, 0) is 6.61 Å². The van der Waals surface area contributed by atoms with Gasteiger partial charge in [-0.25, -0.2) is 0 Å². The molecule has 1 N–H and O–H groups in total. The lowest BCUT2D eigenvalue weighted by Crippen LogP contribution is -1.86. The van der Waals surface area contributed by atoms with E-state index in [1.165, 1.54) is 11.3 Å². The Morgan fingerprint density at radius 3 is 2.82 bits per heavy atom. The molecule has 17 heavy (non-hydrogen) atoms. The summed E-state index contributed by atoms with van der Waals surface area (Å²) in [6.45, 7) is 1.77. The lowest BCUT2D eigenvalue weighted by atomic mass is 10.2. The van der Waals surface area contributed by atoms with Crippen molar-refractivity contribution >= 4 is 34.5 Å². The second-order valence-electron chi connectivity index (χ2n) is 3.36. The van der Waals surface area contributed by atoms with Crippen molar-refractivity contribution in [2.24, 2.45) is 0 Å². The van der Waals surface area contributed by atoms with Crippen molar-refractivity contribution in [3.05, 3.63) is 38.8 Å². The number of aliphatic hydroxyl groups excluding tert-OH is 1. The number of ether oxygens (including phenoxy) is 1. The van der Waals surface area contributed by atoms with Gasteiger partial charge in [-0.05, 0) is 24.6 Å². The minimum Gasteiger partial charge on any atom is -0.431 e. The molecule has 0 bridgehead atoms. The molecule has 0 saturated heterocycles. The lowest BCUT2D eigenvalue weighted by molar-refractivity contribution is 0.285. The molecular formula is C11H9Cl2NO2S. The summed E-state index contributed by atoms with van der Waals surface area (Å²) in [4.78, 5) is 4.59. The van der Waals surface area contributed by atoms with Gasteiger partial charge in [0.05, 0.1) is 11.5 Å². The number of halogens is 2. The van der Waals surface area contributed by atoms with Gasteiger partial charge in [-0.3, -0.25) is 0 Å². The molecule has 6 heteroatoms. The minimum atomic E-state index is -0.144. The average Bonchev–Trinajstić information content (AvgIpc) is 2.64. The number of nitrogens with zero attached hydrogens (tertiary/aromatic N) is 1. The fourth-order valence-electron chi connectivity index (χ4n) is 1.23. The van der Waals surface area contributed by atoms with E-state index in [9.17, 15) is 0 Å². The Balaban J connectivity index is 2.27. The van der Waals surface area contributed by atoms with E-state index >= 15 is 0 Å². The third-order valence-corrected chi connectivity index (χ3v) is 3.70. The number of aryl methyl sites for hydroxylation is 1. The van der Waals surface area contributed by atoms with E-state index < -0.39 is 0 Å². The van der Waals surface area contributed by atoms with Crippen molar-refractivity contribution in [1.82, 2.24) is 4.98 Å². The molecule has 1 aromatic carbocycles. The van der Waals surface area contributed by atoms with Crippen molar-refractivity contribution in [3.63, 3.8) is 0 Å². The molecular weight excluding hydrogens is 281 g/mol. The standard InChI is InChI=1S/C11H9Cl2NO2S/c1-6-2-3-7(12)4-8(6)16-11-14-10(13)9(5-15)17-11/h2-4,15H,5H2,1H3. The maximum atomic E-state index is 9.01. The maximum Gasteiger partial charge on any atom is 0.280 e. The van der Waals surface area contributed by atoms with E-state index in [2.05, 4.69) is 4.98 Å². The second kappa shape index (κ2) is 5.23. The van der Waals surface area contributed by atoms with Crippen LogP contribution in [0, 0.1) is 6.92 Å². The highest BCUT2D eigenvalue weighted by molar-refractivity contribution is 7.13. The molecule has 0 aliphatic rings. The molecule has 0 spiro atoms. The fourth-order valence-corrected chi connectivity index (χ4v) is 2.37. The zero-order valence-corrected chi connectivity index (χ0v) is 11.2. The first kappa shape index (κ1) is 12.6. The highest BCUT2D eigenvalue weighted by Gasteiger charge is 2.11. The SMILES string of the molecule is Cc1ccc(Cl)cc1Oc1nc(Cl)c(CO)s1. The van der Waals surface area contributed by atoms with Crippen LogP contribution in [0.5, 0.6) is 10.9 Å². The van der Waals surface area contributed by atoms with Crippen molar-refractivity contribution < 1.29 is 9.84 Å². The van der Waals surface area contributed by atoms with Crippen LogP contribution in [0.15, 0.2) is 18.2 Å². The van der Waals surface area contributed by atoms with Gasteiger partial charge in [-0.15, -0.1) is 0 Å². The third kappa shape index (κ3) is 2.90. The molecule has 3 nitrogen and oxygen atoms in total. The Kier molecular flexibility index (Phi) is 3.89. The maximum absolute atomic E-state index is 9.01. The van der Waals surface area contributed by atoms with Crippen molar-refractivity contribution in [1.29, 1.82) is 0 Å². The summed E-state index contributed by atoms with van der Waals surface area (Å²) >= 11 is 12.9. The molecule has 0 fully saturated rings. The Morgan fingerprint density at radius 2 is 2.18 bits per heavy atom. The normalized spacial score (nSPS) is 10.6. The van der Waals surface area contributed by atoms with Crippen molar-refractivity contribution in [2.75, 3.05) is 0 Å². The van der Waals surface area contributed by atoms with Crippen molar-refractivity contribution in [2.45, 2.75) is 13.5 Å². The summed E-state index contributed by atoms with van der Waals surface area (Å²) in [5.74, 6) is 0.632. The summed E-state index contributed by atoms with van der Waals surface area (Å²) in [6, 6.07) is 5.36. The van der Waals surface area contributed by atoms with Gasteiger partial charge in [0, 0.05) is 5.02 Å². The summed E-state index contributed by atoms with van der Waals surface area (Å²) < 4.78 is 5.58. The van der Waals surface area contributed by atoms with E-state index in [1.807, 2.05) is 13.0 Å². The Bertz CT molecular complexity index is 542.